The number of carbonyl (C=O) groups excluding carboxylic acids is 1. The highest BCUT2D eigenvalue weighted by molar-refractivity contribution is 5.94. The number of hydrogen-bond donors (Lipinski definition) is 2. The fraction of sp³-hybridized carbons (Fsp3) is 0.500. The van der Waals surface area contributed by atoms with Crippen molar-refractivity contribution in [1.29, 1.82) is 0 Å². The number of unbranched alkanes of at least 4 members (excludes halogenated alkanes) is 1. The van der Waals surface area contributed by atoms with Gasteiger partial charge in [-0.2, -0.15) is 0 Å². The molecule has 0 radical (unpaired) electrons. The van der Waals surface area contributed by atoms with E-state index in [-0.39, 0.29) is 5.91 Å². The highest BCUT2D eigenvalue weighted by Gasteiger charge is 2.11. The lowest BCUT2D eigenvalue weighted by Gasteiger charge is -2.17. The van der Waals surface area contributed by atoms with Crippen LogP contribution in [0.4, 0.5) is 0 Å². The number of fused-ring (bicyclic) bond motifs is 1. The van der Waals surface area contributed by atoms with E-state index in [4.69, 9.17) is 0 Å². The van der Waals surface area contributed by atoms with E-state index in [0.717, 1.165) is 44.5 Å². The molecule has 17 heavy (non-hydrogen) atoms. The molecule has 1 heterocycles. The van der Waals surface area contributed by atoms with Gasteiger partial charge in [-0.05, 0) is 42.6 Å². The zero-order valence-corrected chi connectivity index (χ0v) is 10.4. The summed E-state index contributed by atoms with van der Waals surface area (Å²) in [5, 5.41) is 6.28. The first-order chi connectivity index (χ1) is 8.31. The van der Waals surface area contributed by atoms with Crippen LogP contribution in [0.5, 0.6) is 0 Å². The van der Waals surface area contributed by atoms with Crippen molar-refractivity contribution in [2.24, 2.45) is 0 Å². The van der Waals surface area contributed by atoms with E-state index < -0.39 is 0 Å². The highest BCUT2D eigenvalue weighted by atomic mass is 16.1. The second kappa shape index (κ2) is 5.82. The summed E-state index contributed by atoms with van der Waals surface area (Å²) < 4.78 is 0. The maximum absolute atomic E-state index is 11.9. The van der Waals surface area contributed by atoms with Gasteiger partial charge in [0.2, 0.25) is 0 Å². The molecule has 3 heteroatoms. The van der Waals surface area contributed by atoms with Gasteiger partial charge in [0.15, 0.2) is 0 Å². The number of amides is 1. The third-order valence-corrected chi connectivity index (χ3v) is 3.17. The molecule has 0 unspecified atom stereocenters. The summed E-state index contributed by atoms with van der Waals surface area (Å²) in [6.45, 7) is 4.83. The topological polar surface area (TPSA) is 41.1 Å². The van der Waals surface area contributed by atoms with Crippen molar-refractivity contribution in [2.75, 3.05) is 13.1 Å². The Morgan fingerprint density at radius 2 is 2.29 bits per heavy atom. The molecule has 0 bridgehead atoms. The maximum atomic E-state index is 11.9. The van der Waals surface area contributed by atoms with Crippen LogP contribution in [0.2, 0.25) is 0 Å². The van der Waals surface area contributed by atoms with Gasteiger partial charge in [0.25, 0.3) is 5.91 Å². The SMILES string of the molecule is CCCCNC(=O)c1ccc2c(c1)CCNC2. The van der Waals surface area contributed by atoms with Crippen LogP contribution < -0.4 is 10.6 Å². The van der Waals surface area contributed by atoms with Crippen molar-refractivity contribution in [2.45, 2.75) is 32.7 Å². The van der Waals surface area contributed by atoms with Gasteiger partial charge in [0.05, 0.1) is 0 Å². The average molecular weight is 232 g/mol. The Morgan fingerprint density at radius 1 is 1.41 bits per heavy atom. The number of carbonyl (C=O) groups is 1. The molecule has 3 nitrogen and oxygen atoms in total. The lowest BCUT2D eigenvalue weighted by Crippen LogP contribution is -2.26. The van der Waals surface area contributed by atoms with Crippen LogP contribution in [0.1, 0.15) is 41.3 Å². The van der Waals surface area contributed by atoms with Crippen molar-refractivity contribution < 1.29 is 4.79 Å². The Bertz CT molecular complexity index is 401. The molecular formula is C14H20N2O. The molecule has 1 amide bonds. The highest BCUT2D eigenvalue weighted by Crippen LogP contribution is 2.15. The predicted molar refractivity (Wildman–Crippen MR) is 69.1 cm³/mol. The Morgan fingerprint density at radius 3 is 3.12 bits per heavy atom. The van der Waals surface area contributed by atoms with Gasteiger partial charge in [-0.3, -0.25) is 4.79 Å². The number of benzene rings is 1. The summed E-state index contributed by atoms with van der Waals surface area (Å²) in [5.41, 5.74) is 3.43. The van der Waals surface area contributed by atoms with Crippen LogP contribution in [0.15, 0.2) is 18.2 Å². The Hall–Kier alpha value is -1.35. The zero-order chi connectivity index (χ0) is 12.1. The third kappa shape index (κ3) is 3.07. The normalized spacial score (nSPS) is 14.2. The molecule has 0 saturated carbocycles. The first-order valence-electron chi connectivity index (χ1n) is 6.42. The van der Waals surface area contributed by atoms with Gasteiger partial charge < -0.3 is 10.6 Å². The molecule has 2 N–H and O–H groups in total. The lowest BCUT2D eigenvalue weighted by atomic mass is 9.98. The van der Waals surface area contributed by atoms with Crippen molar-refractivity contribution in [3.8, 4) is 0 Å². The van der Waals surface area contributed by atoms with E-state index in [1.54, 1.807) is 0 Å². The summed E-state index contributed by atoms with van der Waals surface area (Å²) in [5.74, 6) is 0.0554. The van der Waals surface area contributed by atoms with E-state index in [9.17, 15) is 4.79 Å². The Labute approximate surface area is 103 Å². The lowest BCUT2D eigenvalue weighted by molar-refractivity contribution is 0.0953. The van der Waals surface area contributed by atoms with Crippen LogP contribution in [0.3, 0.4) is 0 Å². The Balaban J connectivity index is 2.03. The van der Waals surface area contributed by atoms with E-state index in [1.165, 1.54) is 11.1 Å². The molecule has 0 saturated heterocycles. The minimum atomic E-state index is 0.0554. The van der Waals surface area contributed by atoms with Gasteiger partial charge in [0, 0.05) is 18.7 Å². The molecule has 1 aromatic carbocycles. The molecular weight excluding hydrogens is 212 g/mol. The first kappa shape index (κ1) is 12.1. The maximum Gasteiger partial charge on any atom is 0.251 e. The molecule has 0 aliphatic carbocycles. The fourth-order valence-electron chi connectivity index (χ4n) is 2.10. The van der Waals surface area contributed by atoms with Crippen molar-refractivity contribution in [3.63, 3.8) is 0 Å². The smallest absolute Gasteiger partial charge is 0.251 e. The van der Waals surface area contributed by atoms with Gasteiger partial charge >= 0.3 is 0 Å². The van der Waals surface area contributed by atoms with Gasteiger partial charge in [-0.25, -0.2) is 0 Å². The molecule has 1 aromatic rings. The standard InChI is InChI=1S/C14H20N2O/c1-2-3-7-16-14(17)12-4-5-13-10-15-8-6-11(13)9-12/h4-5,9,15H,2-3,6-8,10H2,1H3,(H,16,17). The van der Waals surface area contributed by atoms with E-state index >= 15 is 0 Å². The summed E-state index contributed by atoms with van der Waals surface area (Å²) in [4.78, 5) is 11.9. The van der Waals surface area contributed by atoms with Crippen LogP contribution in [0, 0.1) is 0 Å². The quantitative estimate of drug-likeness (QED) is 0.778. The van der Waals surface area contributed by atoms with Crippen LogP contribution in [0.25, 0.3) is 0 Å². The van der Waals surface area contributed by atoms with Gasteiger partial charge in [0.1, 0.15) is 0 Å². The molecule has 2 rings (SSSR count). The molecule has 0 fully saturated rings. The third-order valence-electron chi connectivity index (χ3n) is 3.17. The molecule has 1 aliphatic heterocycles. The summed E-state index contributed by atoms with van der Waals surface area (Å²) in [6.07, 6.45) is 3.17. The summed E-state index contributed by atoms with van der Waals surface area (Å²) >= 11 is 0. The number of hydrogen-bond acceptors (Lipinski definition) is 2. The van der Waals surface area contributed by atoms with E-state index in [1.807, 2.05) is 12.1 Å². The first-order valence-corrected chi connectivity index (χ1v) is 6.42. The molecule has 0 aromatic heterocycles. The summed E-state index contributed by atoms with van der Waals surface area (Å²) in [6, 6.07) is 6.03. The second-order valence-electron chi connectivity index (χ2n) is 4.52. The molecule has 0 spiro atoms. The molecule has 1 aliphatic rings. The minimum Gasteiger partial charge on any atom is -0.352 e. The zero-order valence-electron chi connectivity index (χ0n) is 10.4. The second-order valence-corrected chi connectivity index (χ2v) is 4.52. The van der Waals surface area contributed by atoms with Crippen LogP contribution in [-0.4, -0.2) is 19.0 Å². The summed E-state index contributed by atoms with van der Waals surface area (Å²) in [7, 11) is 0. The predicted octanol–water partition coefficient (Wildman–Crippen LogP) is 1.86. The molecule has 92 valence electrons. The van der Waals surface area contributed by atoms with E-state index in [2.05, 4.69) is 23.6 Å². The average Bonchev–Trinajstić information content (AvgIpc) is 2.38. The minimum absolute atomic E-state index is 0.0554. The molecule has 0 atom stereocenters. The van der Waals surface area contributed by atoms with Gasteiger partial charge in [-0.1, -0.05) is 19.4 Å². The monoisotopic (exact) mass is 232 g/mol. The van der Waals surface area contributed by atoms with Crippen molar-refractivity contribution in [3.05, 3.63) is 34.9 Å². The van der Waals surface area contributed by atoms with E-state index in [0.29, 0.717) is 0 Å². The van der Waals surface area contributed by atoms with Crippen molar-refractivity contribution >= 4 is 5.91 Å². The van der Waals surface area contributed by atoms with Gasteiger partial charge in [-0.15, -0.1) is 0 Å². The number of nitrogens with one attached hydrogen (secondary N) is 2. The number of rotatable bonds is 4. The van der Waals surface area contributed by atoms with Crippen molar-refractivity contribution in [1.82, 2.24) is 10.6 Å². The van der Waals surface area contributed by atoms with Crippen LogP contribution >= 0.6 is 0 Å². The fourth-order valence-corrected chi connectivity index (χ4v) is 2.10. The largest absolute Gasteiger partial charge is 0.352 e. The van der Waals surface area contributed by atoms with Crippen LogP contribution in [-0.2, 0) is 13.0 Å². The Kier molecular flexibility index (Phi) is 4.15.